The summed E-state index contributed by atoms with van der Waals surface area (Å²) >= 11 is 0. The van der Waals surface area contributed by atoms with Crippen LogP contribution in [0.1, 0.15) is 39.2 Å². The van der Waals surface area contributed by atoms with Gasteiger partial charge in [0.2, 0.25) is 0 Å². The van der Waals surface area contributed by atoms with E-state index in [4.69, 9.17) is 9.47 Å². The van der Waals surface area contributed by atoms with Crippen LogP contribution in [0.2, 0.25) is 0 Å². The number of hydrogen-bond donors (Lipinski definition) is 2. The molecule has 1 saturated heterocycles. The van der Waals surface area contributed by atoms with Gasteiger partial charge in [-0.25, -0.2) is 14.4 Å². The molecule has 0 aromatic heterocycles. The Morgan fingerprint density at radius 2 is 1.89 bits per heavy atom. The van der Waals surface area contributed by atoms with Crippen LogP contribution >= 0.6 is 0 Å². The first-order valence-corrected chi connectivity index (χ1v) is 8.85. The van der Waals surface area contributed by atoms with E-state index in [1.807, 2.05) is 30.3 Å². The molecule has 0 spiro atoms. The van der Waals surface area contributed by atoms with Crippen LogP contribution in [0.3, 0.4) is 0 Å². The molecule has 0 bridgehead atoms. The van der Waals surface area contributed by atoms with Gasteiger partial charge < -0.3 is 19.9 Å². The molecule has 0 radical (unpaired) electrons. The number of benzene rings is 1. The van der Waals surface area contributed by atoms with Crippen molar-refractivity contribution >= 4 is 18.2 Å². The molecule has 2 atom stereocenters. The number of hydrogen-bond acceptors (Lipinski definition) is 5. The quantitative estimate of drug-likeness (QED) is 0.781. The molecule has 148 valence electrons. The topological polar surface area (TPSA) is 105 Å². The normalized spacial score (nSPS) is 19.9. The van der Waals surface area contributed by atoms with Gasteiger partial charge in [-0.2, -0.15) is 0 Å². The van der Waals surface area contributed by atoms with Crippen LogP contribution in [0.15, 0.2) is 30.3 Å². The van der Waals surface area contributed by atoms with Crippen molar-refractivity contribution in [2.75, 3.05) is 6.54 Å². The molecule has 27 heavy (non-hydrogen) atoms. The highest BCUT2D eigenvalue weighted by atomic mass is 16.6. The molecule has 1 heterocycles. The maximum atomic E-state index is 12.4. The Morgan fingerprint density at radius 3 is 2.48 bits per heavy atom. The summed E-state index contributed by atoms with van der Waals surface area (Å²) in [5.74, 6) is -0.617. The first kappa shape index (κ1) is 20.5. The van der Waals surface area contributed by atoms with E-state index < -0.39 is 29.8 Å². The number of piperidine rings is 1. The SMILES string of the molecule is CC(C)(C)OC(=O)C1CC(NC(=O)OCc2ccccc2)CCN1C(=O)O. The Balaban J connectivity index is 1.93. The number of esters is 1. The lowest BCUT2D eigenvalue weighted by Gasteiger charge is -2.37. The summed E-state index contributed by atoms with van der Waals surface area (Å²) < 4.78 is 10.5. The van der Waals surface area contributed by atoms with Crippen molar-refractivity contribution in [3.8, 4) is 0 Å². The van der Waals surface area contributed by atoms with Crippen LogP contribution in [0, 0.1) is 0 Å². The molecule has 2 amide bonds. The average Bonchev–Trinajstić information content (AvgIpc) is 2.59. The van der Waals surface area contributed by atoms with Crippen LogP contribution in [0.25, 0.3) is 0 Å². The maximum Gasteiger partial charge on any atom is 0.408 e. The maximum absolute atomic E-state index is 12.4. The van der Waals surface area contributed by atoms with Crippen molar-refractivity contribution < 1.29 is 29.0 Å². The summed E-state index contributed by atoms with van der Waals surface area (Å²) in [4.78, 5) is 36.9. The molecule has 2 N–H and O–H groups in total. The van der Waals surface area contributed by atoms with Crippen molar-refractivity contribution in [1.29, 1.82) is 0 Å². The van der Waals surface area contributed by atoms with Crippen molar-refractivity contribution in [1.82, 2.24) is 10.2 Å². The Labute approximate surface area is 158 Å². The van der Waals surface area contributed by atoms with E-state index in [0.717, 1.165) is 10.5 Å². The molecular weight excluding hydrogens is 352 g/mol. The number of alkyl carbamates (subject to hydrolysis) is 1. The first-order chi connectivity index (χ1) is 12.7. The van der Waals surface area contributed by atoms with Gasteiger partial charge in [-0.05, 0) is 39.2 Å². The van der Waals surface area contributed by atoms with E-state index in [1.54, 1.807) is 20.8 Å². The summed E-state index contributed by atoms with van der Waals surface area (Å²) in [5, 5.41) is 12.0. The first-order valence-electron chi connectivity index (χ1n) is 8.85. The van der Waals surface area contributed by atoms with Gasteiger partial charge in [0, 0.05) is 12.6 Å². The van der Waals surface area contributed by atoms with Gasteiger partial charge in [-0.3, -0.25) is 4.90 Å². The number of rotatable bonds is 4. The largest absolute Gasteiger partial charge is 0.465 e. The fraction of sp³-hybridized carbons (Fsp3) is 0.526. The number of carboxylic acid groups (broad SMARTS) is 1. The zero-order chi connectivity index (χ0) is 20.0. The zero-order valence-corrected chi connectivity index (χ0v) is 15.8. The molecule has 8 nitrogen and oxygen atoms in total. The molecule has 1 aromatic carbocycles. The minimum absolute atomic E-state index is 0.128. The Morgan fingerprint density at radius 1 is 1.22 bits per heavy atom. The summed E-state index contributed by atoms with van der Waals surface area (Å²) in [6.07, 6.45) is -1.25. The van der Waals surface area contributed by atoms with Gasteiger partial charge in [0.05, 0.1) is 0 Å². The monoisotopic (exact) mass is 378 g/mol. The molecule has 1 fully saturated rings. The van der Waals surface area contributed by atoms with Crippen LogP contribution in [-0.2, 0) is 20.9 Å². The number of carbonyl (C=O) groups excluding carboxylic acids is 2. The highest BCUT2D eigenvalue weighted by Gasteiger charge is 2.39. The van der Waals surface area contributed by atoms with Crippen molar-refractivity contribution in [2.45, 2.75) is 57.9 Å². The van der Waals surface area contributed by atoms with Crippen LogP contribution in [-0.4, -0.2) is 52.4 Å². The fourth-order valence-electron chi connectivity index (χ4n) is 2.85. The molecule has 2 rings (SSSR count). The fourth-order valence-corrected chi connectivity index (χ4v) is 2.85. The summed E-state index contributed by atoms with van der Waals surface area (Å²) in [6, 6.07) is 7.93. The van der Waals surface area contributed by atoms with Gasteiger partial charge in [0.1, 0.15) is 18.2 Å². The van der Waals surface area contributed by atoms with E-state index >= 15 is 0 Å². The predicted octanol–water partition coefficient (Wildman–Crippen LogP) is 2.77. The molecular formula is C19H26N2O6. The van der Waals surface area contributed by atoms with E-state index in [9.17, 15) is 19.5 Å². The Bertz CT molecular complexity index is 671. The highest BCUT2D eigenvalue weighted by molar-refractivity contribution is 5.81. The third-order valence-corrected chi connectivity index (χ3v) is 4.06. The van der Waals surface area contributed by atoms with E-state index in [0.29, 0.717) is 6.42 Å². The molecule has 0 aliphatic carbocycles. The summed E-state index contributed by atoms with van der Waals surface area (Å²) in [6.45, 7) is 5.42. The standard InChI is InChI=1S/C19H26N2O6/c1-19(2,3)27-16(22)15-11-14(9-10-21(15)18(24)25)20-17(23)26-12-13-7-5-4-6-8-13/h4-8,14-15H,9-12H2,1-3H3,(H,20,23)(H,24,25). The summed E-state index contributed by atoms with van der Waals surface area (Å²) in [7, 11) is 0. The third-order valence-electron chi connectivity index (χ3n) is 4.06. The van der Waals surface area contributed by atoms with Crippen LogP contribution < -0.4 is 5.32 Å². The Hall–Kier alpha value is -2.77. The number of carbonyl (C=O) groups is 3. The van der Waals surface area contributed by atoms with Gasteiger partial charge in [0.15, 0.2) is 0 Å². The molecule has 1 aliphatic heterocycles. The van der Waals surface area contributed by atoms with E-state index in [2.05, 4.69) is 5.32 Å². The van der Waals surface area contributed by atoms with E-state index in [1.165, 1.54) is 0 Å². The molecule has 1 aliphatic rings. The third kappa shape index (κ3) is 6.47. The zero-order valence-electron chi connectivity index (χ0n) is 15.8. The molecule has 0 saturated carbocycles. The molecule has 8 heteroatoms. The highest BCUT2D eigenvalue weighted by Crippen LogP contribution is 2.21. The number of nitrogens with one attached hydrogen (secondary N) is 1. The second-order valence-corrected chi connectivity index (χ2v) is 7.45. The molecule has 2 unspecified atom stereocenters. The second kappa shape index (κ2) is 8.75. The number of amides is 2. The van der Waals surface area contributed by atoms with Crippen molar-refractivity contribution in [3.05, 3.63) is 35.9 Å². The second-order valence-electron chi connectivity index (χ2n) is 7.45. The predicted molar refractivity (Wildman–Crippen MR) is 97.1 cm³/mol. The van der Waals surface area contributed by atoms with Crippen molar-refractivity contribution in [2.24, 2.45) is 0 Å². The minimum Gasteiger partial charge on any atom is -0.465 e. The lowest BCUT2D eigenvalue weighted by Crippen LogP contribution is -2.55. The molecule has 1 aromatic rings. The minimum atomic E-state index is -1.18. The van der Waals surface area contributed by atoms with Crippen LogP contribution in [0.5, 0.6) is 0 Å². The van der Waals surface area contributed by atoms with Gasteiger partial charge >= 0.3 is 18.2 Å². The van der Waals surface area contributed by atoms with Crippen LogP contribution in [0.4, 0.5) is 9.59 Å². The Kier molecular flexibility index (Phi) is 6.65. The average molecular weight is 378 g/mol. The summed E-state index contributed by atoms with van der Waals surface area (Å²) in [5.41, 5.74) is 0.135. The number of likely N-dealkylation sites (tertiary alicyclic amines) is 1. The lowest BCUT2D eigenvalue weighted by molar-refractivity contribution is -0.162. The smallest absolute Gasteiger partial charge is 0.408 e. The number of ether oxygens (including phenoxy) is 2. The van der Waals surface area contributed by atoms with Crippen molar-refractivity contribution in [3.63, 3.8) is 0 Å². The van der Waals surface area contributed by atoms with Gasteiger partial charge in [0.25, 0.3) is 0 Å². The van der Waals surface area contributed by atoms with Gasteiger partial charge in [-0.1, -0.05) is 30.3 Å². The van der Waals surface area contributed by atoms with E-state index in [-0.39, 0.29) is 25.6 Å². The lowest BCUT2D eigenvalue weighted by atomic mass is 9.97. The number of nitrogens with zero attached hydrogens (tertiary/aromatic N) is 1. The van der Waals surface area contributed by atoms with Gasteiger partial charge in [-0.15, -0.1) is 0 Å².